The van der Waals surface area contributed by atoms with Gasteiger partial charge in [-0.1, -0.05) is 17.7 Å². The molecule has 0 saturated carbocycles. The van der Waals surface area contributed by atoms with Crippen molar-refractivity contribution >= 4 is 28.2 Å². The van der Waals surface area contributed by atoms with Gasteiger partial charge in [-0.25, -0.2) is 4.98 Å². The number of nitrogens with two attached hydrogens (primary N) is 1. The zero-order valence-electron chi connectivity index (χ0n) is 14.1. The average molecular weight is 362 g/mol. The summed E-state index contributed by atoms with van der Waals surface area (Å²) in [6.45, 7) is 2.02. The second-order valence-electron chi connectivity index (χ2n) is 5.97. The zero-order chi connectivity index (χ0) is 18.1. The van der Waals surface area contributed by atoms with Crippen LogP contribution < -0.4 is 10.5 Å². The fourth-order valence-electron chi connectivity index (χ4n) is 2.97. The first-order valence-corrected chi connectivity index (χ1v) is 8.54. The van der Waals surface area contributed by atoms with E-state index in [1.165, 1.54) is 0 Å². The Hall–Kier alpha value is -3.11. The number of aryl methyl sites for hydroxylation is 1. The monoisotopic (exact) mass is 361 g/mol. The third-order valence-corrected chi connectivity index (χ3v) is 4.53. The van der Waals surface area contributed by atoms with Crippen molar-refractivity contribution in [2.24, 2.45) is 0 Å². The van der Waals surface area contributed by atoms with Crippen LogP contribution in [0.4, 0.5) is 5.69 Å². The first kappa shape index (κ1) is 16.4. The molecule has 0 aliphatic rings. The average Bonchev–Trinajstić information content (AvgIpc) is 2.66. The minimum Gasteiger partial charge on any atom is -0.439 e. The van der Waals surface area contributed by atoms with Gasteiger partial charge in [-0.05, 0) is 48.9 Å². The minimum absolute atomic E-state index is 0.517. The van der Waals surface area contributed by atoms with Crippen molar-refractivity contribution in [2.45, 2.75) is 6.92 Å². The van der Waals surface area contributed by atoms with Crippen LogP contribution in [0.25, 0.3) is 22.0 Å². The van der Waals surface area contributed by atoms with Crippen molar-refractivity contribution in [1.82, 2.24) is 9.97 Å². The highest BCUT2D eigenvalue weighted by Crippen LogP contribution is 2.39. The van der Waals surface area contributed by atoms with E-state index < -0.39 is 0 Å². The van der Waals surface area contributed by atoms with Crippen LogP contribution in [0.3, 0.4) is 0 Å². The predicted molar refractivity (Wildman–Crippen MR) is 106 cm³/mol. The summed E-state index contributed by atoms with van der Waals surface area (Å²) in [6.07, 6.45) is 3.45. The van der Waals surface area contributed by atoms with Gasteiger partial charge in [0.15, 0.2) is 0 Å². The highest BCUT2D eigenvalue weighted by Gasteiger charge is 2.13. The van der Waals surface area contributed by atoms with E-state index in [0.717, 1.165) is 27.6 Å². The quantitative estimate of drug-likeness (QED) is 0.480. The van der Waals surface area contributed by atoms with E-state index in [-0.39, 0.29) is 0 Å². The van der Waals surface area contributed by atoms with Crippen LogP contribution in [0.2, 0.25) is 5.02 Å². The number of fused-ring (bicyclic) bond motifs is 1. The van der Waals surface area contributed by atoms with Crippen molar-refractivity contribution in [3.63, 3.8) is 0 Å². The Morgan fingerprint density at radius 2 is 1.77 bits per heavy atom. The van der Waals surface area contributed by atoms with Crippen molar-refractivity contribution < 1.29 is 4.74 Å². The minimum atomic E-state index is 0.517. The molecule has 2 aromatic heterocycles. The summed E-state index contributed by atoms with van der Waals surface area (Å²) >= 11 is 6.53. The van der Waals surface area contributed by atoms with Gasteiger partial charge in [0.05, 0.1) is 10.5 Å². The van der Waals surface area contributed by atoms with E-state index in [1.54, 1.807) is 24.5 Å². The molecule has 0 unspecified atom stereocenters. The lowest BCUT2D eigenvalue weighted by Gasteiger charge is -2.14. The maximum atomic E-state index is 6.53. The molecule has 4 aromatic rings. The molecule has 4 nitrogen and oxygen atoms in total. The number of anilines is 1. The number of ether oxygens (including phenoxy) is 1. The summed E-state index contributed by atoms with van der Waals surface area (Å²) in [4.78, 5) is 8.57. The summed E-state index contributed by atoms with van der Waals surface area (Å²) in [6, 6.07) is 16.9. The number of rotatable bonds is 3. The van der Waals surface area contributed by atoms with E-state index in [0.29, 0.717) is 22.3 Å². The Bertz CT molecular complexity index is 1100. The topological polar surface area (TPSA) is 61.0 Å². The van der Waals surface area contributed by atoms with Crippen LogP contribution in [0.5, 0.6) is 11.6 Å². The molecule has 5 heteroatoms. The van der Waals surface area contributed by atoms with Gasteiger partial charge in [-0.2, -0.15) is 0 Å². The van der Waals surface area contributed by atoms with Gasteiger partial charge in [-0.3, -0.25) is 4.98 Å². The van der Waals surface area contributed by atoms with Gasteiger partial charge >= 0.3 is 0 Å². The van der Waals surface area contributed by atoms with Crippen molar-refractivity contribution in [2.75, 3.05) is 5.73 Å². The molecule has 26 heavy (non-hydrogen) atoms. The molecular formula is C21H16ClN3O. The Morgan fingerprint density at radius 1 is 0.923 bits per heavy atom. The van der Waals surface area contributed by atoms with Crippen LogP contribution in [0.15, 0.2) is 67.0 Å². The van der Waals surface area contributed by atoms with E-state index in [1.807, 2.05) is 49.4 Å². The summed E-state index contributed by atoms with van der Waals surface area (Å²) in [5, 5.41) is 1.49. The number of nitrogen functional groups attached to an aromatic ring is 1. The molecule has 0 spiro atoms. The first-order valence-electron chi connectivity index (χ1n) is 8.16. The van der Waals surface area contributed by atoms with Crippen molar-refractivity contribution in [1.29, 1.82) is 0 Å². The van der Waals surface area contributed by atoms with E-state index in [4.69, 9.17) is 22.1 Å². The van der Waals surface area contributed by atoms with Crippen molar-refractivity contribution in [3.8, 4) is 22.8 Å². The van der Waals surface area contributed by atoms with Gasteiger partial charge in [0, 0.05) is 46.7 Å². The van der Waals surface area contributed by atoms with Gasteiger partial charge in [0.2, 0.25) is 5.88 Å². The lowest BCUT2D eigenvalue weighted by atomic mass is 9.97. The summed E-state index contributed by atoms with van der Waals surface area (Å²) in [7, 11) is 0. The zero-order valence-corrected chi connectivity index (χ0v) is 14.9. The molecule has 0 aliphatic carbocycles. The molecule has 2 heterocycles. The summed E-state index contributed by atoms with van der Waals surface area (Å²) < 4.78 is 5.74. The lowest BCUT2D eigenvalue weighted by Crippen LogP contribution is -1.96. The van der Waals surface area contributed by atoms with Crippen LogP contribution in [-0.4, -0.2) is 9.97 Å². The Morgan fingerprint density at radius 3 is 2.54 bits per heavy atom. The smallest absolute Gasteiger partial charge is 0.219 e. The molecule has 0 amide bonds. The SMILES string of the molecule is Cc1cc(-c2ccc(Oc3ccccn3)cc2Cl)c(N)c2cccnc12. The van der Waals surface area contributed by atoms with Gasteiger partial charge in [-0.15, -0.1) is 0 Å². The van der Waals surface area contributed by atoms with Crippen LogP contribution in [0, 0.1) is 6.92 Å². The fourth-order valence-corrected chi connectivity index (χ4v) is 3.25. The van der Waals surface area contributed by atoms with E-state index in [2.05, 4.69) is 9.97 Å². The molecule has 4 rings (SSSR count). The maximum Gasteiger partial charge on any atom is 0.219 e. The summed E-state index contributed by atoms with van der Waals surface area (Å²) in [5.41, 5.74) is 10.8. The molecule has 0 aliphatic heterocycles. The first-order chi connectivity index (χ1) is 12.6. The van der Waals surface area contributed by atoms with Crippen LogP contribution >= 0.6 is 11.6 Å². The number of nitrogens with zero attached hydrogens (tertiary/aromatic N) is 2. The Balaban J connectivity index is 1.77. The number of benzene rings is 2. The molecule has 0 radical (unpaired) electrons. The third kappa shape index (κ3) is 2.95. The molecule has 2 N–H and O–H groups in total. The van der Waals surface area contributed by atoms with Crippen LogP contribution in [-0.2, 0) is 0 Å². The molecule has 0 fully saturated rings. The normalized spacial score (nSPS) is 10.8. The molecule has 0 saturated heterocycles. The second kappa shape index (κ2) is 6.65. The number of aromatic nitrogens is 2. The third-order valence-electron chi connectivity index (χ3n) is 4.21. The second-order valence-corrected chi connectivity index (χ2v) is 6.37. The molecule has 2 aromatic carbocycles. The highest BCUT2D eigenvalue weighted by molar-refractivity contribution is 6.33. The standard InChI is InChI=1S/C21H16ClN3O/c1-13-11-17(20(23)16-5-4-10-25-21(13)16)15-8-7-14(12-18(15)22)26-19-6-2-3-9-24-19/h2-12H,23H2,1H3. The van der Waals surface area contributed by atoms with E-state index in [9.17, 15) is 0 Å². The van der Waals surface area contributed by atoms with Crippen LogP contribution in [0.1, 0.15) is 5.56 Å². The molecular weight excluding hydrogens is 346 g/mol. The molecule has 0 atom stereocenters. The number of hydrogen-bond acceptors (Lipinski definition) is 4. The Kier molecular flexibility index (Phi) is 4.19. The number of hydrogen-bond donors (Lipinski definition) is 1. The number of halogens is 1. The van der Waals surface area contributed by atoms with Crippen molar-refractivity contribution in [3.05, 3.63) is 77.6 Å². The highest BCUT2D eigenvalue weighted by atomic mass is 35.5. The predicted octanol–water partition coefficient (Wildman–Crippen LogP) is 5.63. The van der Waals surface area contributed by atoms with Gasteiger partial charge < -0.3 is 10.5 Å². The Labute approximate surface area is 156 Å². The van der Waals surface area contributed by atoms with E-state index >= 15 is 0 Å². The summed E-state index contributed by atoms with van der Waals surface area (Å²) in [5.74, 6) is 1.14. The number of pyridine rings is 2. The fraction of sp³-hybridized carbons (Fsp3) is 0.0476. The molecule has 0 bridgehead atoms. The largest absolute Gasteiger partial charge is 0.439 e. The van der Waals surface area contributed by atoms with Gasteiger partial charge in [0.1, 0.15) is 5.75 Å². The van der Waals surface area contributed by atoms with Gasteiger partial charge in [0.25, 0.3) is 0 Å². The maximum absolute atomic E-state index is 6.53. The lowest BCUT2D eigenvalue weighted by molar-refractivity contribution is 0.463. The molecule has 128 valence electrons.